The van der Waals surface area contributed by atoms with Crippen molar-refractivity contribution in [1.29, 1.82) is 0 Å². The first kappa shape index (κ1) is 17.2. The molecule has 2 aromatic rings. The number of aliphatic hydroxyl groups excluding tert-OH is 1. The van der Waals surface area contributed by atoms with E-state index in [-0.39, 0.29) is 23.8 Å². The molecule has 132 valence electrons. The molecule has 2 amide bonds. The Morgan fingerprint density at radius 1 is 1.24 bits per heavy atom. The zero-order valence-electron chi connectivity index (χ0n) is 14.1. The van der Waals surface area contributed by atoms with E-state index in [1.807, 2.05) is 6.92 Å². The largest absolute Gasteiger partial charge is 0.467 e. The van der Waals surface area contributed by atoms with E-state index in [2.05, 4.69) is 10.6 Å². The molecule has 1 saturated carbocycles. The Balaban J connectivity index is 1.50. The summed E-state index contributed by atoms with van der Waals surface area (Å²) in [6.45, 7) is 1.83. The minimum absolute atomic E-state index is 0.0396. The van der Waals surface area contributed by atoms with Gasteiger partial charge in [-0.25, -0.2) is 0 Å². The standard InChI is InChI=1S/C19H22N2O4/c1-12(11-16(22)17-3-2-10-25-17)20-18(23)14-6-8-15(9-7-14)21-19(24)13-4-5-13/h2-3,6-10,12-13,16,22H,4-5,11H2,1H3,(H,20,23)(H,21,24). The van der Waals surface area contributed by atoms with E-state index >= 15 is 0 Å². The van der Waals surface area contributed by atoms with E-state index in [1.54, 1.807) is 36.4 Å². The van der Waals surface area contributed by atoms with Gasteiger partial charge in [0.05, 0.1) is 6.26 Å². The number of carbonyl (C=O) groups is 2. The molecule has 1 fully saturated rings. The number of hydrogen-bond acceptors (Lipinski definition) is 4. The molecule has 3 rings (SSSR count). The van der Waals surface area contributed by atoms with Crippen LogP contribution in [0.15, 0.2) is 47.1 Å². The van der Waals surface area contributed by atoms with Crippen molar-refractivity contribution in [3.63, 3.8) is 0 Å². The molecular weight excluding hydrogens is 320 g/mol. The molecule has 0 saturated heterocycles. The van der Waals surface area contributed by atoms with E-state index in [0.29, 0.717) is 23.4 Å². The van der Waals surface area contributed by atoms with Gasteiger partial charge < -0.3 is 20.2 Å². The highest BCUT2D eigenvalue weighted by Crippen LogP contribution is 2.30. The van der Waals surface area contributed by atoms with Crippen molar-refractivity contribution in [1.82, 2.24) is 5.32 Å². The van der Waals surface area contributed by atoms with Crippen molar-refractivity contribution in [2.24, 2.45) is 5.92 Å². The van der Waals surface area contributed by atoms with Crippen LogP contribution < -0.4 is 10.6 Å². The number of rotatable bonds is 7. The quantitative estimate of drug-likeness (QED) is 0.721. The molecular formula is C19H22N2O4. The molecule has 0 spiro atoms. The fraction of sp³-hybridized carbons (Fsp3) is 0.368. The highest BCUT2D eigenvalue weighted by molar-refractivity contribution is 5.96. The molecule has 6 nitrogen and oxygen atoms in total. The summed E-state index contributed by atoms with van der Waals surface area (Å²) in [5.74, 6) is 0.443. The van der Waals surface area contributed by atoms with Gasteiger partial charge >= 0.3 is 0 Å². The number of nitrogens with one attached hydrogen (secondary N) is 2. The monoisotopic (exact) mass is 342 g/mol. The first-order chi connectivity index (χ1) is 12.0. The number of aliphatic hydroxyl groups is 1. The Kier molecular flexibility index (Phi) is 5.19. The van der Waals surface area contributed by atoms with Crippen LogP contribution in [0.3, 0.4) is 0 Å². The van der Waals surface area contributed by atoms with Gasteiger partial charge in [-0.2, -0.15) is 0 Å². The molecule has 0 bridgehead atoms. The van der Waals surface area contributed by atoms with E-state index in [1.165, 1.54) is 6.26 Å². The number of benzene rings is 1. The highest BCUT2D eigenvalue weighted by Gasteiger charge is 2.29. The molecule has 6 heteroatoms. The van der Waals surface area contributed by atoms with Gasteiger partial charge in [-0.05, 0) is 56.2 Å². The van der Waals surface area contributed by atoms with Crippen LogP contribution in [0.25, 0.3) is 0 Å². The van der Waals surface area contributed by atoms with Crippen molar-refractivity contribution in [2.75, 3.05) is 5.32 Å². The van der Waals surface area contributed by atoms with Gasteiger partial charge in [-0.3, -0.25) is 9.59 Å². The average molecular weight is 342 g/mol. The zero-order chi connectivity index (χ0) is 17.8. The lowest BCUT2D eigenvalue weighted by Gasteiger charge is -2.17. The summed E-state index contributed by atoms with van der Waals surface area (Å²) in [4.78, 5) is 24.0. The van der Waals surface area contributed by atoms with Crippen molar-refractivity contribution in [3.05, 3.63) is 54.0 Å². The number of amides is 2. The maximum atomic E-state index is 12.3. The normalized spacial score (nSPS) is 16.1. The Morgan fingerprint density at radius 2 is 1.96 bits per heavy atom. The minimum Gasteiger partial charge on any atom is -0.467 e. The number of carbonyl (C=O) groups excluding carboxylic acids is 2. The molecule has 0 radical (unpaired) electrons. The number of hydrogen-bond donors (Lipinski definition) is 3. The number of furan rings is 1. The SMILES string of the molecule is CC(CC(O)c1ccco1)NC(=O)c1ccc(NC(=O)C2CC2)cc1. The summed E-state index contributed by atoms with van der Waals surface area (Å²) in [6.07, 6.45) is 3.01. The van der Waals surface area contributed by atoms with Crippen LogP contribution >= 0.6 is 0 Å². The zero-order valence-corrected chi connectivity index (χ0v) is 14.1. The van der Waals surface area contributed by atoms with Crippen LogP contribution in [0.2, 0.25) is 0 Å². The fourth-order valence-corrected chi connectivity index (χ4v) is 2.59. The summed E-state index contributed by atoms with van der Waals surface area (Å²) in [5.41, 5.74) is 1.19. The molecule has 25 heavy (non-hydrogen) atoms. The topological polar surface area (TPSA) is 91.6 Å². The molecule has 1 aromatic carbocycles. The molecule has 0 aliphatic heterocycles. The van der Waals surface area contributed by atoms with Gasteiger partial charge in [-0.15, -0.1) is 0 Å². The van der Waals surface area contributed by atoms with Crippen molar-refractivity contribution in [3.8, 4) is 0 Å². The van der Waals surface area contributed by atoms with Gasteiger partial charge in [0.2, 0.25) is 5.91 Å². The smallest absolute Gasteiger partial charge is 0.251 e. The van der Waals surface area contributed by atoms with Gasteiger partial charge in [0.15, 0.2) is 0 Å². The Bertz CT molecular complexity index is 720. The number of anilines is 1. The molecule has 1 heterocycles. The van der Waals surface area contributed by atoms with Crippen LogP contribution in [0.4, 0.5) is 5.69 Å². The lowest BCUT2D eigenvalue weighted by Crippen LogP contribution is -2.33. The molecule has 1 aliphatic carbocycles. The molecule has 1 aliphatic rings. The summed E-state index contributed by atoms with van der Waals surface area (Å²) in [6, 6.07) is 9.98. The van der Waals surface area contributed by atoms with E-state index < -0.39 is 6.10 Å². The predicted octanol–water partition coefficient (Wildman–Crippen LogP) is 2.87. The third kappa shape index (κ3) is 4.70. The van der Waals surface area contributed by atoms with Gasteiger partial charge in [-0.1, -0.05) is 0 Å². The average Bonchev–Trinajstić information content (AvgIpc) is 3.29. The summed E-state index contributed by atoms with van der Waals surface area (Å²) in [7, 11) is 0. The summed E-state index contributed by atoms with van der Waals surface area (Å²) >= 11 is 0. The molecule has 2 unspecified atom stereocenters. The van der Waals surface area contributed by atoms with Crippen LogP contribution in [-0.2, 0) is 4.79 Å². The minimum atomic E-state index is -0.759. The third-order valence-corrected chi connectivity index (χ3v) is 4.19. The Labute approximate surface area is 146 Å². The summed E-state index contributed by atoms with van der Waals surface area (Å²) < 4.78 is 5.15. The third-order valence-electron chi connectivity index (χ3n) is 4.19. The molecule has 2 atom stereocenters. The van der Waals surface area contributed by atoms with E-state index in [0.717, 1.165) is 12.8 Å². The second-order valence-corrected chi connectivity index (χ2v) is 6.48. The predicted molar refractivity (Wildman–Crippen MR) is 93.0 cm³/mol. The van der Waals surface area contributed by atoms with Crippen LogP contribution in [0, 0.1) is 5.92 Å². The van der Waals surface area contributed by atoms with Gasteiger partial charge in [0.25, 0.3) is 5.91 Å². The van der Waals surface area contributed by atoms with E-state index in [4.69, 9.17) is 4.42 Å². The van der Waals surface area contributed by atoms with Gasteiger partial charge in [0.1, 0.15) is 11.9 Å². The lowest BCUT2D eigenvalue weighted by atomic mass is 10.1. The Hall–Kier alpha value is -2.60. The van der Waals surface area contributed by atoms with Crippen molar-refractivity contribution in [2.45, 2.75) is 38.3 Å². The second-order valence-electron chi connectivity index (χ2n) is 6.48. The highest BCUT2D eigenvalue weighted by atomic mass is 16.4. The van der Waals surface area contributed by atoms with Crippen molar-refractivity contribution < 1.29 is 19.1 Å². The first-order valence-electron chi connectivity index (χ1n) is 8.46. The summed E-state index contributed by atoms with van der Waals surface area (Å²) in [5, 5.41) is 15.7. The second kappa shape index (κ2) is 7.53. The molecule has 1 aromatic heterocycles. The Morgan fingerprint density at radius 3 is 2.56 bits per heavy atom. The molecule has 3 N–H and O–H groups in total. The lowest BCUT2D eigenvalue weighted by molar-refractivity contribution is -0.117. The van der Waals surface area contributed by atoms with Crippen LogP contribution in [-0.4, -0.2) is 23.0 Å². The van der Waals surface area contributed by atoms with Crippen molar-refractivity contribution >= 4 is 17.5 Å². The maximum absolute atomic E-state index is 12.3. The first-order valence-corrected chi connectivity index (χ1v) is 8.46. The van der Waals surface area contributed by atoms with Crippen LogP contribution in [0.5, 0.6) is 0 Å². The fourth-order valence-electron chi connectivity index (χ4n) is 2.59. The van der Waals surface area contributed by atoms with Crippen LogP contribution in [0.1, 0.15) is 48.4 Å². The van der Waals surface area contributed by atoms with Gasteiger partial charge in [0, 0.05) is 29.6 Å². The van der Waals surface area contributed by atoms with E-state index in [9.17, 15) is 14.7 Å². The maximum Gasteiger partial charge on any atom is 0.251 e.